The van der Waals surface area contributed by atoms with E-state index in [0.29, 0.717) is 32.9 Å². The molecule has 172 valence electrons. The first-order valence-electron chi connectivity index (χ1n) is 9.89. The average molecular weight is 564 g/mol. The van der Waals surface area contributed by atoms with Crippen LogP contribution in [0.25, 0.3) is 6.08 Å². The molecule has 2 aromatic rings. The van der Waals surface area contributed by atoms with Gasteiger partial charge in [-0.25, -0.2) is 14.5 Å². The van der Waals surface area contributed by atoms with Crippen LogP contribution in [0.5, 0.6) is 11.5 Å². The number of rotatable bonds is 7. The zero-order valence-electron chi connectivity index (χ0n) is 18.1. The van der Waals surface area contributed by atoms with Gasteiger partial charge in [-0.3, -0.25) is 14.9 Å². The van der Waals surface area contributed by atoms with Crippen LogP contribution in [0.2, 0.25) is 0 Å². The third-order valence-corrected chi connectivity index (χ3v) is 5.40. The summed E-state index contributed by atoms with van der Waals surface area (Å²) >= 11 is 2.00. The number of halogens is 1. The summed E-state index contributed by atoms with van der Waals surface area (Å²) in [6.07, 6.45) is 1.38. The van der Waals surface area contributed by atoms with Gasteiger partial charge in [-0.1, -0.05) is 17.7 Å². The fraction of sp³-hybridized carbons (Fsp3) is 0.217. The lowest BCUT2D eigenvalue weighted by Crippen LogP contribution is -2.54. The molecule has 1 aliphatic rings. The lowest BCUT2D eigenvalue weighted by molar-refractivity contribution is -0.143. The van der Waals surface area contributed by atoms with Crippen LogP contribution in [0.4, 0.5) is 10.5 Å². The van der Waals surface area contributed by atoms with Crippen molar-refractivity contribution in [2.24, 2.45) is 0 Å². The molecule has 33 heavy (non-hydrogen) atoms. The van der Waals surface area contributed by atoms with Gasteiger partial charge in [0.1, 0.15) is 5.57 Å². The van der Waals surface area contributed by atoms with Crippen LogP contribution in [-0.4, -0.2) is 44.1 Å². The zero-order valence-corrected chi connectivity index (χ0v) is 20.3. The Morgan fingerprint density at radius 3 is 2.45 bits per heavy atom. The molecule has 0 aromatic heterocycles. The monoisotopic (exact) mass is 564 g/mol. The van der Waals surface area contributed by atoms with E-state index in [1.807, 2.05) is 29.5 Å². The van der Waals surface area contributed by atoms with E-state index in [1.165, 1.54) is 13.2 Å². The number of hydrogen-bond donors (Lipinski definition) is 1. The molecule has 0 atom stereocenters. The summed E-state index contributed by atoms with van der Waals surface area (Å²) in [6.45, 7) is 3.68. The van der Waals surface area contributed by atoms with E-state index >= 15 is 0 Å². The molecule has 0 spiro atoms. The van der Waals surface area contributed by atoms with E-state index in [2.05, 4.69) is 10.1 Å². The fourth-order valence-corrected chi connectivity index (χ4v) is 3.80. The van der Waals surface area contributed by atoms with Crippen LogP contribution in [0.1, 0.15) is 18.1 Å². The van der Waals surface area contributed by atoms with Gasteiger partial charge >= 0.3 is 12.0 Å². The minimum Gasteiger partial charge on any atom is -0.490 e. The molecule has 2 aromatic carbocycles. The van der Waals surface area contributed by atoms with Crippen LogP contribution in [0.15, 0.2) is 42.0 Å². The second-order valence-electron chi connectivity index (χ2n) is 6.92. The van der Waals surface area contributed by atoms with Gasteiger partial charge in [0.2, 0.25) is 0 Å². The molecule has 10 heteroatoms. The molecular weight excluding hydrogens is 543 g/mol. The summed E-state index contributed by atoms with van der Waals surface area (Å²) in [7, 11) is 1.26. The number of barbiturate groups is 1. The number of imide groups is 2. The van der Waals surface area contributed by atoms with Crippen LogP contribution >= 0.6 is 22.6 Å². The van der Waals surface area contributed by atoms with Crippen molar-refractivity contribution in [2.75, 3.05) is 25.2 Å². The Hall–Kier alpha value is -3.41. The van der Waals surface area contributed by atoms with Gasteiger partial charge in [0, 0.05) is 0 Å². The smallest absolute Gasteiger partial charge is 0.343 e. The molecule has 1 fully saturated rings. The van der Waals surface area contributed by atoms with Crippen molar-refractivity contribution in [3.05, 3.63) is 56.7 Å². The number of benzene rings is 2. The second-order valence-corrected chi connectivity index (χ2v) is 8.08. The number of carbonyl (C=O) groups excluding carboxylic acids is 4. The molecule has 1 saturated heterocycles. The highest BCUT2D eigenvalue weighted by molar-refractivity contribution is 14.1. The lowest BCUT2D eigenvalue weighted by atomic mass is 10.1. The van der Waals surface area contributed by atoms with Crippen molar-refractivity contribution < 1.29 is 33.4 Å². The van der Waals surface area contributed by atoms with Crippen LogP contribution in [0.3, 0.4) is 0 Å². The SMILES string of the molecule is CCOc1cc(/C=C2\C(=O)NC(=O)N(c3ccc(C)cc3)C2=O)cc(I)c1OCC(=O)OC. The summed E-state index contributed by atoms with van der Waals surface area (Å²) in [5.41, 5.74) is 1.57. The second kappa shape index (κ2) is 10.5. The highest BCUT2D eigenvalue weighted by Gasteiger charge is 2.36. The number of nitrogens with one attached hydrogen (secondary N) is 1. The molecule has 0 bridgehead atoms. The first kappa shape index (κ1) is 24.2. The van der Waals surface area contributed by atoms with Crippen molar-refractivity contribution >= 4 is 58.2 Å². The summed E-state index contributed by atoms with van der Waals surface area (Å²) < 4.78 is 16.3. The Bertz CT molecular complexity index is 1140. The first-order chi connectivity index (χ1) is 15.7. The van der Waals surface area contributed by atoms with Gasteiger partial charge in [-0.2, -0.15) is 0 Å². The van der Waals surface area contributed by atoms with E-state index in [0.717, 1.165) is 10.5 Å². The van der Waals surface area contributed by atoms with Gasteiger partial charge in [0.05, 0.1) is 23.0 Å². The summed E-state index contributed by atoms with van der Waals surface area (Å²) in [4.78, 5) is 50.3. The predicted molar refractivity (Wildman–Crippen MR) is 128 cm³/mol. The summed E-state index contributed by atoms with van der Waals surface area (Å²) in [5.74, 6) is -1.43. The number of amides is 4. The van der Waals surface area contributed by atoms with E-state index < -0.39 is 23.8 Å². The Morgan fingerprint density at radius 1 is 1.12 bits per heavy atom. The fourth-order valence-electron chi connectivity index (χ4n) is 3.02. The van der Waals surface area contributed by atoms with Crippen LogP contribution < -0.4 is 19.7 Å². The van der Waals surface area contributed by atoms with Crippen molar-refractivity contribution in [1.82, 2.24) is 5.32 Å². The molecule has 0 unspecified atom stereocenters. The predicted octanol–water partition coefficient (Wildman–Crippen LogP) is 3.22. The Labute approximate surface area is 203 Å². The quantitative estimate of drug-likeness (QED) is 0.238. The Kier molecular flexibility index (Phi) is 7.69. The molecule has 1 N–H and O–H groups in total. The highest BCUT2D eigenvalue weighted by atomic mass is 127. The van der Waals surface area contributed by atoms with E-state index in [-0.39, 0.29) is 12.2 Å². The lowest BCUT2D eigenvalue weighted by Gasteiger charge is -2.26. The molecule has 1 aliphatic heterocycles. The molecule has 3 rings (SSSR count). The number of esters is 1. The summed E-state index contributed by atoms with van der Waals surface area (Å²) in [5, 5.41) is 2.20. The molecule has 4 amide bonds. The minimum absolute atomic E-state index is 0.211. The topological polar surface area (TPSA) is 111 Å². The van der Waals surface area contributed by atoms with E-state index in [1.54, 1.807) is 43.3 Å². The Morgan fingerprint density at radius 2 is 1.82 bits per heavy atom. The highest BCUT2D eigenvalue weighted by Crippen LogP contribution is 2.35. The maximum atomic E-state index is 13.1. The number of carbonyl (C=O) groups is 4. The van der Waals surface area contributed by atoms with Gasteiger partial charge < -0.3 is 14.2 Å². The number of hydrogen-bond acceptors (Lipinski definition) is 7. The largest absolute Gasteiger partial charge is 0.490 e. The van der Waals surface area contributed by atoms with Crippen LogP contribution in [-0.2, 0) is 19.1 Å². The van der Waals surface area contributed by atoms with E-state index in [4.69, 9.17) is 9.47 Å². The van der Waals surface area contributed by atoms with Gasteiger partial charge in [0.15, 0.2) is 18.1 Å². The van der Waals surface area contributed by atoms with Gasteiger partial charge in [0.25, 0.3) is 11.8 Å². The zero-order chi connectivity index (χ0) is 24.1. The molecular formula is C23H21IN2O7. The maximum Gasteiger partial charge on any atom is 0.343 e. The number of ether oxygens (including phenoxy) is 3. The average Bonchev–Trinajstić information content (AvgIpc) is 2.77. The molecule has 0 radical (unpaired) electrons. The number of anilines is 1. The number of nitrogens with zero attached hydrogens (tertiary/aromatic N) is 1. The minimum atomic E-state index is -0.817. The van der Waals surface area contributed by atoms with Crippen LogP contribution in [0, 0.1) is 10.5 Å². The third-order valence-electron chi connectivity index (χ3n) is 4.60. The van der Waals surface area contributed by atoms with Crippen molar-refractivity contribution in [3.8, 4) is 11.5 Å². The van der Waals surface area contributed by atoms with Gasteiger partial charge in [-0.05, 0) is 72.3 Å². The molecule has 1 heterocycles. The molecule has 9 nitrogen and oxygen atoms in total. The summed E-state index contributed by atoms with van der Waals surface area (Å²) in [6, 6.07) is 9.21. The number of urea groups is 1. The first-order valence-corrected chi connectivity index (χ1v) is 11.0. The number of aryl methyl sites for hydroxylation is 1. The molecule has 0 saturated carbocycles. The Balaban J connectivity index is 1.98. The maximum absolute atomic E-state index is 13.1. The van der Waals surface area contributed by atoms with Crippen molar-refractivity contribution in [3.63, 3.8) is 0 Å². The third kappa shape index (κ3) is 5.51. The normalized spacial score (nSPS) is 14.8. The van der Waals surface area contributed by atoms with Crippen molar-refractivity contribution in [1.29, 1.82) is 0 Å². The van der Waals surface area contributed by atoms with Crippen molar-refractivity contribution in [2.45, 2.75) is 13.8 Å². The molecule has 0 aliphatic carbocycles. The standard InChI is InChI=1S/C23H21IN2O7/c1-4-32-18-11-14(10-17(24)20(18)33-12-19(27)31-3)9-16-21(28)25-23(30)26(22(16)29)15-7-5-13(2)6-8-15/h5-11H,4,12H2,1-3H3,(H,25,28,30)/b16-9+. The van der Waals surface area contributed by atoms with Gasteiger partial charge in [-0.15, -0.1) is 0 Å². The van der Waals surface area contributed by atoms with E-state index in [9.17, 15) is 19.2 Å². The number of methoxy groups -OCH3 is 1.